The Kier molecular flexibility index (Phi) is 10.1. The maximum absolute atomic E-state index is 10.8. The van der Waals surface area contributed by atoms with Crippen LogP contribution in [0.1, 0.15) is 19.8 Å². The van der Waals surface area contributed by atoms with E-state index in [1.165, 1.54) is 18.9 Å². The van der Waals surface area contributed by atoms with Crippen LogP contribution in [0.5, 0.6) is 0 Å². The first-order valence-corrected chi connectivity index (χ1v) is 5.13. The van der Waals surface area contributed by atoms with E-state index in [1.807, 2.05) is 0 Å². The maximum atomic E-state index is 10.8. The molecule has 0 rings (SSSR count). The van der Waals surface area contributed by atoms with Crippen molar-refractivity contribution in [3.63, 3.8) is 0 Å². The number of quaternary nitrogens is 1. The van der Waals surface area contributed by atoms with Crippen LogP contribution in [0.4, 0.5) is 0 Å². The van der Waals surface area contributed by atoms with Gasteiger partial charge in [0.1, 0.15) is 13.2 Å². The number of esters is 1. The van der Waals surface area contributed by atoms with Crippen molar-refractivity contribution in [2.75, 3.05) is 33.8 Å². The van der Waals surface area contributed by atoms with Crippen LogP contribution in [0.3, 0.4) is 0 Å². The first kappa shape index (κ1) is 17.1. The van der Waals surface area contributed by atoms with E-state index in [0.29, 0.717) is 6.61 Å². The molecule has 0 radical (unpaired) electrons. The van der Waals surface area contributed by atoms with E-state index in [9.17, 15) is 4.79 Å². The molecule has 0 aliphatic rings. The second-order valence-corrected chi connectivity index (χ2v) is 4.11. The molecule has 0 unspecified atom stereocenters. The third-order valence-electron chi connectivity index (χ3n) is 2.22. The molecule has 4 heteroatoms. The lowest BCUT2D eigenvalue weighted by molar-refractivity contribution is -0.890. The predicted molar refractivity (Wildman–Crippen MR) is 57.9 cm³/mol. The average Bonchev–Trinajstić information content (AvgIpc) is 2.14. The number of likely N-dealkylation sites (N-methyl/N-ethyl adjacent to an activating group) is 1. The first-order chi connectivity index (χ1) is 6.52. The van der Waals surface area contributed by atoms with Gasteiger partial charge >= 0.3 is 5.97 Å². The van der Waals surface area contributed by atoms with E-state index in [-0.39, 0.29) is 23.0 Å². The Morgan fingerprint density at radius 1 is 1.40 bits per heavy atom. The highest BCUT2D eigenvalue weighted by Gasteiger charge is 2.14. The third kappa shape index (κ3) is 9.94. The minimum atomic E-state index is -0.333. The van der Waals surface area contributed by atoms with E-state index >= 15 is 0 Å². The van der Waals surface area contributed by atoms with Crippen LogP contribution in [0.15, 0.2) is 12.7 Å². The highest BCUT2D eigenvalue weighted by molar-refractivity contribution is 5.81. The molecule has 0 aliphatic carbocycles. The maximum Gasteiger partial charge on any atom is 0.330 e. The molecule has 0 spiro atoms. The molecule has 0 heterocycles. The highest BCUT2D eigenvalue weighted by atomic mass is 79.9. The molecular weight excluding hydrogens is 258 g/mol. The zero-order chi connectivity index (χ0) is 11.0. The van der Waals surface area contributed by atoms with Crippen molar-refractivity contribution in [2.24, 2.45) is 0 Å². The van der Waals surface area contributed by atoms with E-state index in [1.54, 1.807) is 0 Å². The standard InChI is InChI=1S/C11H22NO2.BrH/c1-5-7-8-12(3,4)9-10-14-11(13)6-2;/h6H,2,5,7-10H2,1,3-4H3;1H/q+1;/p-1. The van der Waals surface area contributed by atoms with Crippen molar-refractivity contribution < 1.29 is 31.0 Å². The van der Waals surface area contributed by atoms with Gasteiger partial charge in [-0.05, 0) is 6.42 Å². The fraction of sp³-hybridized carbons (Fsp3) is 0.727. The topological polar surface area (TPSA) is 26.3 Å². The Hall–Kier alpha value is -0.350. The van der Waals surface area contributed by atoms with Crippen LogP contribution < -0.4 is 17.0 Å². The van der Waals surface area contributed by atoms with Gasteiger partial charge in [-0.15, -0.1) is 0 Å². The minimum Gasteiger partial charge on any atom is -1.00 e. The number of unbranched alkanes of at least 4 members (excludes halogenated alkanes) is 1. The number of nitrogens with zero attached hydrogens (tertiary/aromatic N) is 1. The Labute approximate surface area is 103 Å². The Bertz CT molecular complexity index is 193. The van der Waals surface area contributed by atoms with Gasteiger partial charge in [0.2, 0.25) is 0 Å². The number of hydrogen-bond donors (Lipinski definition) is 0. The Morgan fingerprint density at radius 2 is 2.00 bits per heavy atom. The van der Waals surface area contributed by atoms with Crippen LogP contribution in [-0.4, -0.2) is 44.2 Å². The van der Waals surface area contributed by atoms with Crippen LogP contribution in [0, 0.1) is 0 Å². The quantitative estimate of drug-likeness (QED) is 0.326. The zero-order valence-corrected chi connectivity index (χ0v) is 11.5. The van der Waals surface area contributed by atoms with E-state index < -0.39 is 0 Å². The van der Waals surface area contributed by atoms with E-state index in [2.05, 4.69) is 27.6 Å². The summed E-state index contributed by atoms with van der Waals surface area (Å²) >= 11 is 0. The molecule has 0 saturated heterocycles. The smallest absolute Gasteiger partial charge is 0.330 e. The minimum absolute atomic E-state index is 0. The number of rotatable bonds is 7. The van der Waals surface area contributed by atoms with E-state index in [0.717, 1.165) is 17.6 Å². The lowest BCUT2D eigenvalue weighted by Crippen LogP contribution is -3.00. The molecule has 0 atom stereocenters. The summed E-state index contributed by atoms with van der Waals surface area (Å²) < 4.78 is 5.84. The van der Waals surface area contributed by atoms with Gasteiger partial charge in [0.05, 0.1) is 20.6 Å². The number of carbonyl (C=O) groups excluding carboxylic acids is 1. The summed E-state index contributed by atoms with van der Waals surface area (Å²) in [6.07, 6.45) is 3.61. The van der Waals surface area contributed by atoms with Gasteiger partial charge in [0.25, 0.3) is 0 Å². The van der Waals surface area contributed by atoms with Crippen molar-refractivity contribution in [3.8, 4) is 0 Å². The summed E-state index contributed by atoms with van der Waals surface area (Å²) in [7, 11) is 4.30. The molecular formula is C11H22BrNO2. The summed E-state index contributed by atoms with van der Waals surface area (Å²) in [6, 6.07) is 0. The molecule has 0 fully saturated rings. The van der Waals surface area contributed by atoms with Crippen LogP contribution >= 0.6 is 0 Å². The molecule has 0 amide bonds. The van der Waals surface area contributed by atoms with Gasteiger partial charge in [-0.1, -0.05) is 19.9 Å². The first-order valence-electron chi connectivity index (χ1n) is 5.13. The second kappa shape index (κ2) is 8.92. The number of hydrogen-bond acceptors (Lipinski definition) is 2. The largest absolute Gasteiger partial charge is 1.00 e. The van der Waals surface area contributed by atoms with Crippen molar-refractivity contribution in [3.05, 3.63) is 12.7 Å². The summed E-state index contributed by atoms with van der Waals surface area (Å²) in [6.45, 7) is 7.99. The lowest BCUT2D eigenvalue weighted by Gasteiger charge is -2.29. The summed E-state index contributed by atoms with van der Waals surface area (Å²) in [5.74, 6) is -0.333. The fourth-order valence-corrected chi connectivity index (χ4v) is 1.15. The van der Waals surface area contributed by atoms with Gasteiger partial charge in [-0.3, -0.25) is 0 Å². The summed E-state index contributed by atoms with van der Waals surface area (Å²) in [5.41, 5.74) is 0. The Morgan fingerprint density at radius 3 is 2.47 bits per heavy atom. The lowest BCUT2D eigenvalue weighted by atomic mass is 10.3. The normalized spacial score (nSPS) is 10.3. The second-order valence-electron chi connectivity index (χ2n) is 4.11. The van der Waals surface area contributed by atoms with Crippen molar-refractivity contribution in [1.82, 2.24) is 0 Å². The SMILES string of the molecule is C=CC(=O)OCC[N+](C)(C)CCCC.[Br-]. The molecule has 0 aromatic carbocycles. The predicted octanol–water partition coefficient (Wildman–Crippen LogP) is -1.40. The summed E-state index contributed by atoms with van der Waals surface area (Å²) in [5, 5.41) is 0. The molecule has 0 N–H and O–H groups in total. The molecule has 90 valence electrons. The average molecular weight is 280 g/mol. The fourth-order valence-electron chi connectivity index (χ4n) is 1.15. The van der Waals surface area contributed by atoms with Crippen LogP contribution in [0.2, 0.25) is 0 Å². The molecule has 0 bridgehead atoms. The number of halogens is 1. The van der Waals surface area contributed by atoms with Crippen LogP contribution in [0.25, 0.3) is 0 Å². The van der Waals surface area contributed by atoms with Crippen LogP contribution in [-0.2, 0) is 9.53 Å². The molecule has 0 aromatic heterocycles. The Balaban J connectivity index is 0. The van der Waals surface area contributed by atoms with Gasteiger partial charge in [0, 0.05) is 6.08 Å². The van der Waals surface area contributed by atoms with Gasteiger partial charge < -0.3 is 26.2 Å². The molecule has 15 heavy (non-hydrogen) atoms. The van der Waals surface area contributed by atoms with Crippen molar-refractivity contribution in [1.29, 1.82) is 0 Å². The third-order valence-corrected chi connectivity index (χ3v) is 2.22. The monoisotopic (exact) mass is 279 g/mol. The molecule has 0 saturated carbocycles. The van der Waals surface area contributed by atoms with Gasteiger partial charge in [-0.25, -0.2) is 4.79 Å². The molecule has 3 nitrogen and oxygen atoms in total. The number of ether oxygens (including phenoxy) is 1. The van der Waals surface area contributed by atoms with E-state index in [4.69, 9.17) is 4.74 Å². The van der Waals surface area contributed by atoms with Crippen molar-refractivity contribution in [2.45, 2.75) is 19.8 Å². The van der Waals surface area contributed by atoms with Gasteiger partial charge in [0.15, 0.2) is 0 Å². The number of carbonyl (C=O) groups is 1. The zero-order valence-electron chi connectivity index (χ0n) is 9.96. The molecule has 0 aromatic rings. The van der Waals surface area contributed by atoms with Gasteiger partial charge in [-0.2, -0.15) is 0 Å². The molecule has 0 aliphatic heterocycles. The highest BCUT2D eigenvalue weighted by Crippen LogP contribution is 2.01. The summed E-state index contributed by atoms with van der Waals surface area (Å²) in [4.78, 5) is 10.8. The van der Waals surface area contributed by atoms with Crippen molar-refractivity contribution >= 4 is 5.97 Å².